The molecule has 1 heterocycles. The normalized spacial score (nSPS) is 15.6. The second-order valence-electron chi connectivity index (χ2n) is 8.37. The summed E-state index contributed by atoms with van der Waals surface area (Å²) in [6.45, 7) is 4.94. The summed E-state index contributed by atoms with van der Waals surface area (Å²) in [4.78, 5) is 25.6. The minimum Gasteiger partial charge on any atom is -0.379 e. The SMILES string of the molecule is CC(C)[C@@H](NC(=O)c1cccc(S(=O)(=O)N2CCOCC2)c1)C(=O)NCCc1ccccc1F. The van der Waals surface area contributed by atoms with E-state index in [1.165, 1.54) is 34.6 Å². The Morgan fingerprint density at radius 2 is 1.79 bits per heavy atom. The molecule has 1 fully saturated rings. The van der Waals surface area contributed by atoms with Crippen LogP contribution in [0.15, 0.2) is 53.4 Å². The number of halogens is 1. The number of carbonyl (C=O) groups is 2. The van der Waals surface area contributed by atoms with Crippen molar-refractivity contribution in [2.45, 2.75) is 31.2 Å². The van der Waals surface area contributed by atoms with Crippen molar-refractivity contribution >= 4 is 21.8 Å². The van der Waals surface area contributed by atoms with Gasteiger partial charge >= 0.3 is 0 Å². The Morgan fingerprint density at radius 1 is 1.09 bits per heavy atom. The van der Waals surface area contributed by atoms with E-state index in [0.29, 0.717) is 25.2 Å². The highest BCUT2D eigenvalue weighted by Crippen LogP contribution is 2.19. The van der Waals surface area contributed by atoms with Crippen LogP contribution in [0.5, 0.6) is 0 Å². The Kier molecular flexibility index (Phi) is 8.76. The Hall–Kier alpha value is -2.82. The molecular formula is C24H30FN3O5S. The van der Waals surface area contributed by atoms with Crippen molar-refractivity contribution in [2.24, 2.45) is 5.92 Å². The van der Waals surface area contributed by atoms with Crippen molar-refractivity contribution in [3.63, 3.8) is 0 Å². The number of ether oxygens (including phenoxy) is 1. The number of sulfonamides is 1. The molecule has 1 aliphatic heterocycles. The zero-order chi connectivity index (χ0) is 24.7. The van der Waals surface area contributed by atoms with Gasteiger partial charge in [-0.15, -0.1) is 0 Å². The van der Waals surface area contributed by atoms with E-state index in [2.05, 4.69) is 10.6 Å². The van der Waals surface area contributed by atoms with Crippen LogP contribution < -0.4 is 10.6 Å². The second-order valence-corrected chi connectivity index (χ2v) is 10.3. The number of amides is 2. The highest BCUT2D eigenvalue weighted by atomic mass is 32.2. The number of nitrogens with zero attached hydrogens (tertiary/aromatic N) is 1. The minimum atomic E-state index is -3.76. The third-order valence-electron chi connectivity index (χ3n) is 5.59. The molecule has 3 rings (SSSR count). The molecule has 2 N–H and O–H groups in total. The maximum absolute atomic E-state index is 13.8. The number of hydrogen-bond acceptors (Lipinski definition) is 5. The fraction of sp³-hybridized carbons (Fsp3) is 0.417. The average Bonchev–Trinajstić information content (AvgIpc) is 2.84. The maximum Gasteiger partial charge on any atom is 0.251 e. The van der Waals surface area contributed by atoms with Crippen LogP contribution in [0.25, 0.3) is 0 Å². The predicted octanol–water partition coefficient (Wildman–Crippen LogP) is 1.96. The van der Waals surface area contributed by atoms with Crippen molar-refractivity contribution in [1.29, 1.82) is 0 Å². The van der Waals surface area contributed by atoms with Gasteiger partial charge < -0.3 is 15.4 Å². The molecule has 2 aromatic carbocycles. The summed E-state index contributed by atoms with van der Waals surface area (Å²) in [7, 11) is -3.76. The van der Waals surface area contributed by atoms with Crippen LogP contribution in [0, 0.1) is 11.7 Å². The Morgan fingerprint density at radius 3 is 2.47 bits per heavy atom. The number of benzene rings is 2. The summed E-state index contributed by atoms with van der Waals surface area (Å²) in [5.74, 6) is -1.51. The molecule has 2 amide bonds. The average molecular weight is 492 g/mol. The van der Waals surface area contributed by atoms with Gasteiger partial charge in [-0.2, -0.15) is 4.31 Å². The third-order valence-corrected chi connectivity index (χ3v) is 7.49. The van der Waals surface area contributed by atoms with E-state index in [4.69, 9.17) is 4.74 Å². The van der Waals surface area contributed by atoms with E-state index in [-0.39, 0.29) is 41.8 Å². The molecule has 1 aliphatic rings. The van der Waals surface area contributed by atoms with Gasteiger partial charge in [-0.3, -0.25) is 9.59 Å². The molecule has 0 radical (unpaired) electrons. The number of rotatable bonds is 9. The highest BCUT2D eigenvalue weighted by molar-refractivity contribution is 7.89. The van der Waals surface area contributed by atoms with Crippen LogP contribution in [-0.4, -0.2) is 63.4 Å². The molecule has 0 bridgehead atoms. The summed E-state index contributed by atoms with van der Waals surface area (Å²) in [5.41, 5.74) is 0.630. The molecule has 0 spiro atoms. The smallest absolute Gasteiger partial charge is 0.251 e. The first kappa shape index (κ1) is 25.8. The standard InChI is InChI=1S/C24H30FN3O5S/c1-17(2)22(24(30)26-11-10-18-6-3-4-9-21(18)25)27-23(29)19-7-5-8-20(16-19)34(31,32)28-12-14-33-15-13-28/h3-9,16-17,22H,10-15H2,1-2H3,(H,26,30)(H,27,29)/t22-/m1/s1. The van der Waals surface area contributed by atoms with E-state index < -0.39 is 27.9 Å². The molecule has 10 heteroatoms. The van der Waals surface area contributed by atoms with Gasteiger partial charge in [0.25, 0.3) is 5.91 Å². The fourth-order valence-corrected chi connectivity index (χ4v) is 5.08. The zero-order valence-corrected chi connectivity index (χ0v) is 20.1. The largest absolute Gasteiger partial charge is 0.379 e. The van der Waals surface area contributed by atoms with Gasteiger partial charge in [0.15, 0.2) is 0 Å². The molecule has 184 valence electrons. The van der Waals surface area contributed by atoms with Crippen molar-refractivity contribution in [3.8, 4) is 0 Å². The molecule has 0 aromatic heterocycles. The molecule has 0 saturated carbocycles. The topological polar surface area (TPSA) is 105 Å². The number of hydrogen-bond donors (Lipinski definition) is 2. The van der Waals surface area contributed by atoms with Crippen LogP contribution >= 0.6 is 0 Å². The van der Waals surface area contributed by atoms with Crippen molar-refractivity contribution in [2.75, 3.05) is 32.8 Å². The molecule has 2 aromatic rings. The molecule has 34 heavy (non-hydrogen) atoms. The Labute approximate surface area is 199 Å². The first-order valence-electron chi connectivity index (χ1n) is 11.2. The quantitative estimate of drug-likeness (QED) is 0.558. The van der Waals surface area contributed by atoms with E-state index in [1.807, 2.05) is 0 Å². The predicted molar refractivity (Wildman–Crippen MR) is 125 cm³/mol. The first-order chi connectivity index (χ1) is 16.2. The van der Waals surface area contributed by atoms with Crippen LogP contribution in [0.1, 0.15) is 29.8 Å². The molecule has 1 atom stereocenters. The van der Waals surface area contributed by atoms with Gasteiger partial charge in [-0.1, -0.05) is 38.1 Å². The van der Waals surface area contributed by atoms with Crippen molar-refractivity contribution in [1.82, 2.24) is 14.9 Å². The van der Waals surface area contributed by atoms with Crippen LogP contribution in [-0.2, 0) is 26.0 Å². The summed E-state index contributed by atoms with van der Waals surface area (Å²) >= 11 is 0. The number of morpholine rings is 1. The molecule has 0 aliphatic carbocycles. The summed E-state index contributed by atoms with van der Waals surface area (Å²) < 4.78 is 46.1. The number of nitrogens with one attached hydrogen (secondary N) is 2. The lowest BCUT2D eigenvalue weighted by molar-refractivity contribution is -0.123. The van der Waals surface area contributed by atoms with Crippen molar-refractivity contribution < 1.29 is 27.1 Å². The summed E-state index contributed by atoms with van der Waals surface area (Å²) in [6.07, 6.45) is 0.318. The van der Waals surface area contributed by atoms with E-state index in [1.54, 1.807) is 32.0 Å². The van der Waals surface area contributed by atoms with E-state index >= 15 is 0 Å². The van der Waals surface area contributed by atoms with Gasteiger partial charge in [-0.25, -0.2) is 12.8 Å². The Bertz CT molecular complexity index is 1120. The molecule has 8 nitrogen and oxygen atoms in total. The minimum absolute atomic E-state index is 0.0116. The van der Waals surface area contributed by atoms with E-state index in [9.17, 15) is 22.4 Å². The lowest BCUT2D eigenvalue weighted by Gasteiger charge is -2.26. The van der Waals surface area contributed by atoms with Gasteiger partial charge in [0, 0.05) is 25.2 Å². The zero-order valence-electron chi connectivity index (χ0n) is 19.3. The molecule has 1 saturated heterocycles. The first-order valence-corrected chi connectivity index (χ1v) is 12.6. The fourth-order valence-electron chi connectivity index (χ4n) is 3.62. The lowest BCUT2D eigenvalue weighted by atomic mass is 10.0. The highest BCUT2D eigenvalue weighted by Gasteiger charge is 2.28. The van der Waals surface area contributed by atoms with Crippen LogP contribution in [0.3, 0.4) is 0 Å². The van der Waals surface area contributed by atoms with Gasteiger partial charge in [0.05, 0.1) is 18.1 Å². The summed E-state index contributed by atoms with van der Waals surface area (Å²) in [6, 6.07) is 11.3. The number of carbonyl (C=O) groups excluding carboxylic acids is 2. The monoisotopic (exact) mass is 491 g/mol. The van der Waals surface area contributed by atoms with Gasteiger partial charge in [-0.05, 0) is 42.2 Å². The van der Waals surface area contributed by atoms with Crippen LogP contribution in [0.2, 0.25) is 0 Å². The van der Waals surface area contributed by atoms with Crippen LogP contribution in [0.4, 0.5) is 4.39 Å². The van der Waals surface area contributed by atoms with Gasteiger partial charge in [0.2, 0.25) is 15.9 Å². The lowest BCUT2D eigenvalue weighted by Crippen LogP contribution is -2.50. The van der Waals surface area contributed by atoms with Gasteiger partial charge in [0.1, 0.15) is 11.9 Å². The second kappa shape index (κ2) is 11.5. The molecular weight excluding hydrogens is 461 g/mol. The Balaban J connectivity index is 1.65. The van der Waals surface area contributed by atoms with E-state index in [0.717, 1.165) is 0 Å². The summed E-state index contributed by atoms with van der Waals surface area (Å²) in [5, 5.41) is 5.44. The van der Waals surface area contributed by atoms with Crippen molar-refractivity contribution in [3.05, 3.63) is 65.5 Å². The molecule has 0 unspecified atom stereocenters. The maximum atomic E-state index is 13.8. The third kappa shape index (κ3) is 6.40.